The number of hydrogen-bond donors (Lipinski definition) is 1. The van der Waals surface area contributed by atoms with E-state index in [4.69, 9.17) is 9.47 Å². The number of benzene rings is 2. The second-order valence-corrected chi connectivity index (χ2v) is 6.31. The topological polar surface area (TPSA) is 56.8 Å². The molecule has 0 fully saturated rings. The van der Waals surface area contributed by atoms with Crippen molar-refractivity contribution in [3.8, 4) is 22.6 Å². The van der Waals surface area contributed by atoms with Gasteiger partial charge in [0.25, 0.3) is 6.29 Å². The Hall–Kier alpha value is -2.74. The molecule has 0 aromatic heterocycles. The molecule has 28 heavy (non-hydrogen) atoms. The molecule has 0 saturated carbocycles. The lowest BCUT2D eigenvalue weighted by atomic mass is 9.98. The number of carbonyl (C=O) groups excluding carboxylic acids is 1. The maximum atomic E-state index is 12.6. The van der Waals surface area contributed by atoms with Crippen molar-refractivity contribution in [2.45, 2.75) is 32.9 Å². The van der Waals surface area contributed by atoms with E-state index >= 15 is 0 Å². The van der Waals surface area contributed by atoms with Crippen LogP contribution in [0.1, 0.15) is 18.1 Å². The lowest BCUT2D eigenvalue weighted by Crippen LogP contribution is -2.37. The van der Waals surface area contributed by atoms with E-state index in [0.29, 0.717) is 30.2 Å². The van der Waals surface area contributed by atoms with Gasteiger partial charge in [0.05, 0.1) is 13.2 Å². The molecule has 2 aromatic rings. The minimum Gasteiger partial charge on any atom is -0.493 e. The molecular formula is C20H20F3NO4. The highest BCUT2D eigenvalue weighted by Gasteiger charge is 2.43. The summed E-state index contributed by atoms with van der Waals surface area (Å²) in [5, 5.41) is 2.94. The van der Waals surface area contributed by atoms with Crippen molar-refractivity contribution in [3.05, 3.63) is 47.5 Å². The van der Waals surface area contributed by atoms with Gasteiger partial charge in [0.1, 0.15) is 11.5 Å². The number of esters is 1. The fraction of sp³-hybridized carbons (Fsp3) is 0.350. The van der Waals surface area contributed by atoms with Crippen molar-refractivity contribution >= 4 is 5.97 Å². The molecule has 5 nitrogen and oxygen atoms in total. The first-order valence-electron chi connectivity index (χ1n) is 8.80. The largest absolute Gasteiger partial charge is 0.493 e. The second kappa shape index (κ2) is 8.10. The van der Waals surface area contributed by atoms with E-state index in [0.717, 1.165) is 16.7 Å². The highest BCUT2D eigenvalue weighted by molar-refractivity contribution is 5.78. The Labute approximate surface area is 160 Å². The van der Waals surface area contributed by atoms with E-state index in [-0.39, 0.29) is 6.54 Å². The highest BCUT2D eigenvalue weighted by atomic mass is 19.4. The van der Waals surface area contributed by atoms with Gasteiger partial charge in [-0.2, -0.15) is 13.2 Å². The molecule has 0 saturated heterocycles. The van der Waals surface area contributed by atoms with Gasteiger partial charge in [0.15, 0.2) is 0 Å². The van der Waals surface area contributed by atoms with E-state index in [9.17, 15) is 18.0 Å². The number of para-hydroxylation sites is 1. The molecule has 1 unspecified atom stereocenters. The van der Waals surface area contributed by atoms with Gasteiger partial charge in [-0.05, 0) is 26.0 Å². The first-order valence-corrected chi connectivity index (χ1v) is 8.80. The molecule has 1 N–H and O–H groups in total. The number of alkyl halides is 3. The molecule has 1 aliphatic rings. The zero-order chi connectivity index (χ0) is 20.3. The third kappa shape index (κ3) is 4.39. The average Bonchev–Trinajstić information content (AvgIpc) is 2.84. The Morgan fingerprint density at radius 1 is 1.25 bits per heavy atom. The molecule has 2 aromatic carbocycles. The lowest BCUT2D eigenvalue weighted by Gasteiger charge is -2.21. The smallest absolute Gasteiger partial charge is 0.491 e. The fourth-order valence-corrected chi connectivity index (χ4v) is 2.96. The van der Waals surface area contributed by atoms with Gasteiger partial charge in [-0.25, -0.2) is 4.79 Å². The van der Waals surface area contributed by atoms with Crippen LogP contribution in [0.25, 0.3) is 11.1 Å². The van der Waals surface area contributed by atoms with Crippen LogP contribution in [0.15, 0.2) is 36.4 Å². The maximum absolute atomic E-state index is 12.6. The van der Waals surface area contributed by atoms with Crippen molar-refractivity contribution in [2.75, 3.05) is 13.2 Å². The first kappa shape index (κ1) is 20.0. The number of carbonyl (C=O) groups is 1. The molecule has 0 radical (unpaired) electrons. The normalized spacial score (nSPS) is 16.5. The van der Waals surface area contributed by atoms with E-state index in [1.54, 1.807) is 12.1 Å². The summed E-state index contributed by atoms with van der Waals surface area (Å²) in [6, 6.07) is 11.1. The van der Waals surface area contributed by atoms with Gasteiger partial charge in [0.2, 0.25) is 0 Å². The monoisotopic (exact) mass is 395 g/mol. The van der Waals surface area contributed by atoms with Crippen molar-refractivity contribution < 1.29 is 32.2 Å². The summed E-state index contributed by atoms with van der Waals surface area (Å²) in [4.78, 5) is 11.2. The van der Waals surface area contributed by atoms with Gasteiger partial charge in [-0.15, -0.1) is 0 Å². The van der Waals surface area contributed by atoms with Crippen LogP contribution in [-0.4, -0.2) is 31.6 Å². The molecular weight excluding hydrogens is 375 g/mol. The predicted octanol–water partition coefficient (Wildman–Crippen LogP) is 3.97. The van der Waals surface area contributed by atoms with Gasteiger partial charge in [-0.1, -0.05) is 29.8 Å². The number of halogens is 3. The number of rotatable bonds is 4. The number of nitrogens with one attached hydrogen (secondary N) is 1. The molecule has 150 valence electrons. The summed E-state index contributed by atoms with van der Waals surface area (Å²) in [7, 11) is 0. The predicted molar refractivity (Wildman–Crippen MR) is 96.1 cm³/mol. The van der Waals surface area contributed by atoms with Crippen LogP contribution in [-0.2, 0) is 16.1 Å². The summed E-state index contributed by atoms with van der Waals surface area (Å²) < 4.78 is 53.6. The quantitative estimate of drug-likeness (QED) is 0.794. The zero-order valence-electron chi connectivity index (χ0n) is 15.4. The Kier molecular flexibility index (Phi) is 5.79. The molecule has 1 atom stereocenters. The highest BCUT2D eigenvalue weighted by Crippen LogP contribution is 2.40. The first-order chi connectivity index (χ1) is 13.3. The van der Waals surface area contributed by atoms with Crippen LogP contribution in [0.4, 0.5) is 13.2 Å². The van der Waals surface area contributed by atoms with Gasteiger partial charge in [-0.3, -0.25) is 0 Å². The molecule has 0 aliphatic carbocycles. The maximum Gasteiger partial charge on any atom is 0.491 e. The summed E-state index contributed by atoms with van der Waals surface area (Å²) in [6.07, 6.45) is -6.49. The Morgan fingerprint density at radius 3 is 2.75 bits per heavy atom. The zero-order valence-corrected chi connectivity index (χ0v) is 15.4. The summed E-state index contributed by atoms with van der Waals surface area (Å²) >= 11 is 0. The minimum absolute atomic E-state index is 0.0674. The minimum atomic E-state index is -5.09. The SMILES string of the molecule is CCOc1ccc(C)cc1-c1cccc2c1OC(OC(=O)C(F)(F)F)CNC2. The molecule has 3 rings (SSSR count). The molecule has 1 aliphatic heterocycles. The van der Waals surface area contributed by atoms with Crippen molar-refractivity contribution in [3.63, 3.8) is 0 Å². The number of ether oxygens (including phenoxy) is 3. The van der Waals surface area contributed by atoms with E-state index in [1.165, 1.54) is 0 Å². The van der Waals surface area contributed by atoms with Crippen LogP contribution in [0.2, 0.25) is 0 Å². The standard InChI is InChI=1S/C20H20F3NO4/c1-3-26-16-8-7-12(2)9-15(16)14-6-4-5-13-10-24-11-17(27-18(13)14)28-19(25)20(21,22)23/h4-9,17,24H,3,10-11H2,1-2H3. The Bertz CT molecular complexity index is 867. The molecule has 1 heterocycles. The third-order valence-corrected chi connectivity index (χ3v) is 4.17. The van der Waals surface area contributed by atoms with Gasteiger partial charge >= 0.3 is 12.1 Å². The van der Waals surface area contributed by atoms with Crippen molar-refractivity contribution in [1.29, 1.82) is 0 Å². The van der Waals surface area contributed by atoms with Crippen LogP contribution in [0, 0.1) is 6.92 Å². The molecule has 0 bridgehead atoms. The number of hydrogen-bond acceptors (Lipinski definition) is 5. The van der Waals surface area contributed by atoms with E-state index in [2.05, 4.69) is 10.1 Å². The van der Waals surface area contributed by atoms with Crippen LogP contribution < -0.4 is 14.8 Å². The molecule has 0 spiro atoms. The van der Waals surface area contributed by atoms with E-state index < -0.39 is 18.4 Å². The fourth-order valence-electron chi connectivity index (χ4n) is 2.96. The summed E-state index contributed by atoms with van der Waals surface area (Å²) in [5.41, 5.74) is 3.14. The second-order valence-electron chi connectivity index (χ2n) is 6.31. The molecule has 0 amide bonds. The summed E-state index contributed by atoms with van der Waals surface area (Å²) in [6.45, 7) is 4.54. The molecule has 8 heteroatoms. The van der Waals surface area contributed by atoms with Crippen molar-refractivity contribution in [1.82, 2.24) is 5.32 Å². The van der Waals surface area contributed by atoms with Crippen LogP contribution >= 0.6 is 0 Å². The number of aryl methyl sites for hydroxylation is 1. The summed E-state index contributed by atoms with van der Waals surface area (Å²) in [5.74, 6) is -1.30. The van der Waals surface area contributed by atoms with Gasteiger partial charge < -0.3 is 19.5 Å². The van der Waals surface area contributed by atoms with Crippen molar-refractivity contribution in [2.24, 2.45) is 0 Å². The third-order valence-electron chi connectivity index (χ3n) is 4.17. The van der Waals surface area contributed by atoms with Crippen LogP contribution in [0.3, 0.4) is 0 Å². The Morgan fingerprint density at radius 2 is 2.04 bits per heavy atom. The average molecular weight is 395 g/mol. The Balaban J connectivity index is 2.00. The lowest BCUT2D eigenvalue weighted by molar-refractivity contribution is -0.215. The number of fused-ring (bicyclic) bond motifs is 1. The van der Waals surface area contributed by atoms with Gasteiger partial charge in [0, 0.05) is 23.2 Å². The van der Waals surface area contributed by atoms with E-state index in [1.807, 2.05) is 38.1 Å². The van der Waals surface area contributed by atoms with Crippen LogP contribution in [0.5, 0.6) is 11.5 Å².